The molecule has 1 heterocycles. The van der Waals surface area contributed by atoms with Crippen molar-refractivity contribution in [3.63, 3.8) is 0 Å². The number of amides is 1. The maximum absolute atomic E-state index is 12.9. The van der Waals surface area contributed by atoms with Gasteiger partial charge in [-0.2, -0.15) is 0 Å². The van der Waals surface area contributed by atoms with Crippen LogP contribution in [0.5, 0.6) is 0 Å². The first-order valence-electron chi connectivity index (χ1n) is 12.6. The molecular formula is C28H41NO3. The Morgan fingerprint density at radius 2 is 1.59 bits per heavy atom. The van der Waals surface area contributed by atoms with Gasteiger partial charge in [0.15, 0.2) is 0 Å². The monoisotopic (exact) mass is 439 g/mol. The molecule has 1 aliphatic rings. The number of para-hydroxylation sites is 1. The number of fused-ring (bicyclic) bond motifs is 1. The molecule has 0 saturated heterocycles. The Hall–Kier alpha value is -2.36. The third-order valence-corrected chi connectivity index (χ3v) is 6.14. The van der Waals surface area contributed by atoms with E-state index in [9.17, 15) is 14.7 Å². The smallest absolute Gasteiger partial charge is 0.326 e. The minimum absolute atomic E-state index is 0.0600. The molecule has 4 nitrogen and oxygen atoms in total. The van der Waals surface area contributed by atoms with Gasteiger partial charge in [-0.25, -0.2) is 4.79 Å². The summed E-state index contributed by atoms with van der Waals surface area (Å²) < 4.78 is 0. The van der Waals surface area contributed by atoms with Gasteiger partial charge in [-0.15, -0.1) is 0 Å². The molecule has 1 aromatic carbocycles. The van der Waals surface area contributed by atoms with Gasteiger partial charge >= 0.3 is 5.97 Å². The van der Waals surface area contributed by atoms with E-state index in [1.807, 2.05) is 24.3 Å². The molecule has 176 valence electrons. The Morgan fingerprint density at radius 3 is 2.31 bits per heavy atom. The Balaban J connectivity index is 1.59. The van der Waals surface area contributed by atoms with Crippen LogP contribution in [0, 0.1) is 0 Å². The number of benzene rings is 1. The molecule has 1 aliphatic heterocycles. The lowest BCUT2D eigenvalue weighted by atomic mass is 9.95. The topological polar surface area (TPSA) is 57.6 Å². The van der Waals surface area contributed by atoms with Gasteiger partial charge in [-0.05, 0) is 63.0 Å². The van der Waals surface area contributed by atoms with Gasteiger partial charge in [-0.1, -0.05) is 81.5 Å². The number of rotatable bonds is 15. The molecule has 1 unspecified atom stereocenters. The van der Waals surface area contributed by atoms with Gasteiger partial charge in [-0.3, -0.25) is 9.69 Å². The molecule has 0 aromatic heterocycles. The maximum Gasteiger partial charge on any atom is 0.326 e. The van der Waals surface area contributed by atoms with E-state index in [2.05, 4.69) is 31.2 Å². The molecule has 0 fully saturated rings. The number of allylic oxidation sites excluding steroid dienone is 4. The fourth-order valence-electron chi connectivity index (χ4n) is 4.30. The van der Waals surface area contributed by atoms with E-state index in [4.69, 9.17) is 0 Å². The largest absolute Gasteiger partial charge is 0.480 e. The van der Waals surface area contributed by atoms with E-state index in [1.165, 1.54) is 43.4 Å². The summed E-state index contributed by atoms with van der Waals surface area (Å²) >= 11 is 0. The second-order valence-electron chi connectivity index (χ2n) is 8.77. The third kappa shape index (κ3) is 9.02. The van der Waals surface area contributed by atoms with E-state index in [0.717, 1.165) is 43.4 Å². The van der Waals surface area contributed by atoms with Gasteiger partial charge in [0.05, 0.1) is 0 Å². The van der Waals surface area contributed by atoms with Crippen LogP contribution in [0.3, 0.4) is 0 Å². The summed E-state index contributed by atoms with van der Waals surface area (Å²) in [6.45, 7) is 2.23. The number of carboxylic acid groups (broad SMARTS) is 1. The average Bonchev–Trinajstić information content (AvgIpc) is 2.80. The van der Waals surface area contributed by atoms with E-state index in [-0.39, 0.29) is 5.91 Å². The number of carboxylic acids is 1. The predicted octanol–water partition coefficient (Wildman–Crippen LogP) is 7.23. The summed E-state index contributed by atoms with van der Waals surface area (Å²) in [5, 5.41) is 9.58. The number of aryl methyl sites for hydroxylation is 1. The lowest BCUT2D eigenvalue weighted by Gasteiger charge is -2.35. The highest BCUT2D eigenvalue weighted by Crippen LogP contribution is 2.31. The number of hydrogen-bond donors (Lipinski definition) is 1. The number of anilines is 1. The number of nitrogens with zero attached hydrogens (tertiary/aromatic N) is 1. The van der Waals surface area contributed by atoms with Gasteiger partial charge in [0.2, 0.25) is 5.91 Å². The lowest BCUT2D eigenvalue weighted by Crippen LogP contribution is -2.48. The summed E-state index contributed by atoms with van der Waals surface area (Å²) in [6.07, 6.45) is 23.3. The van der Waals surface area contributed by atoms with E-state index >= 15 is 0 Å². The van der Waals surface area contributed by atoms with Crippen molar-refractivity contribution in [3.05, 3.63) is 54.1 Å². The van der Waals surface area contributed by atoms with Gasteiger partial charge in [0, 0.05) is 12.1 Å². The Kier molecular flexibility index (Phi) is 12.5. The number of carbonyl (C=O) groups is 2. The van der Waals surface area contributed by atoms with Crippen molar-refractivity contribution in [1.29, 1.82) is 0 Å². The highest BCUT2D eigenvalue weighted by molar-refractivity contribution is 6.00. The fraction of sp³-hybridized carbons (Fsp3) is 0.571. The molecule has 4 heteroatoms. The third-order valence-electron chi connectivity index (χ3n) is 6.14. The van der Waals surface area contributed by atoms with Crippen molar-refractivity contribution >= 4 is 17.6 Å². The number of carbonyl (C=O) groups excluding carboxylic acids is 1. The Morgan fingerprint density at radius 1 is 0.938 bits per heavy atom. The normalized spacial score (nSPS) is 16.0. The summed E-state index contributed by atoms with van der Waals surface area (Å²) in [5.41, 5.74) is 1.84. The zero-order chi connectivity index (χ0) is 23.0. The molecule has 0 radical (unpaired) electrons. The van der Waals surface area contributed by atoms with Crippen LogP contribution >= 0.6 is 0 Å². The van der Waals surface area contributed by atoms with Gasteiger partial charge in [0.25, 0.3) is 0 Å². The molecule has 0 spiro atoms. The highest BCUT2D eigenvalue weighted by Gasteiger charge is 2.34. The molecule has 1 amide bonds. The summed E-state index contributed by atoms with van der Waals surface area (Å²) in [5.74, 6) is -0.969. The van der Waals surface area contributed by atoms with Crippen LogP contribution in [0.25, 0.3) is 0 Å². The zero-order valence-electron chi connectivity index (χ0n) is 19.8. The van der Waals surface area contributed by atoms with Crippen LogP contribution in [0.15, 0.2) is 48.6 Å². The van der Waals surface area contributed by atoms with E-state index in [0.29, 0.717) is 19.3 Å². The van der Waals surface area contributed by atoms with E-state index in [1.54, 1.807) is 0 Å². The first-order chi connectivity index (χ1) is 15.6. The summed E-state index contributed by atoms with van der Waals surface area (Å²) in [4.78, 5) is 26.1. The number of aliphatic carboxylic acids is 1. The van der Waals surface area contributed by atoms with Crippen LogP contribution in [-0.2, 0) is 16.0 Å². The first kappa shape index (κ1) is 25.9. The van der Waals surface area contributed by atoms with Gasteiger partial charge < -0.3 is 5.11 Å². The number of hydrogen-bond acceptors (Lipinski definition) is 2. The molecular weight excluding hydrogens is 398 g/mol. The summed E-state index contributed by atoms with van der Waals surface area (Å²) in [6, 6.07) is 6.95. The minimum Gasteiger partial charge on any atom is -0.480 e. The highest BCUT2D eigenvalue weighted by atomic mass is 16.4. The first-order valence-corrected chi connectivity index (χ1v) is 12.6. The fourth-order valence-corrected chi connectivity index (χ4v) is 4.30. The molecule has 2 rings (SSSR count). The van der Waals surface area contributed by atoms with E-state index < -0.39 is 12.0 Å². The minimum atomic E-state index is -0.909. The van der Waals surface area contributed by atoms with Gasteiger partial charge in [0.1, 0.15) is 6.04 Å². The molecule has 1 N–H and O–H groups in total. The summed E-state index contributed by atoms with van der Waals surface area (Å²) in [7, 11) is 0. The molecule has 1 atom stereocenters. The standard InChI is InChI=1S/C28H41NO3/c1-2-3-4-5-6-7-8-9-10-11-12-13-14-15-16-21-27(30)29-25-20-18-17-19-24(25)22-23-26(29)28(31)32/h6-7,9-10,17-20,26H,2-5,8,11-16,21-23H2,1H3,(H,31,32)/b7-6-,10-9-. The zero-order valence-corrected chi connectivity index (χ0v) is 19.8. The molecule has 0 saturated carbocycles. The Labute approximate surface area is 194 Å². The molecule has 1 aromatic rings. The number of unbranched alkanes of at least 4 members (excludes halogenated alkanes) is 8. The van der Waals surface area contributed by atoms with Crippen LogP contribution in [0.4, 0.5) is 5.69 Å². The molecule has 0 aliphatic carbocycles. The predicted molar refractivity (Wildman–Crippen MR) is 133 cm³/mol. The van der Waals surface area contributed by atoms with Crippen molar-refractivity contribution in [1.82, 2.24) is 0 Å². The van der Waals surface area contributed by atoms with Crippen molar-refractivity contribution in [2.24, 2.45) is 0 Å². The van der Waals surface area contributed by atoms with Crippen molar-refractivity contribution in [3.8, 4) is 0 Å². The second kappa shape index (κ2) is 15.4. The van der Waals surface area contributed by atoms with Crippen molar-refractivity contribution in [2.75, 3.05) is 4.90 Å². The maximum atomic E-state index is 12.9. The van der Waals surface area contributed by atoms with Crippen LogP contribution in [0.1, 0.15) is 96.0 Å². The van der Waals surface area contributed by atoms with Crippen LogP contribution in [0.2, 0.25) is 0 Å². The average molecular weight is 440 g/mol. The van der Waals surface area contributed by atoms with Crippen molar-refractivity contribution in [2.45, 2.75) is 103 Å². The Bertz CT molecular complexity index is 753. The molecule has 32 heavy (non-hydrogen) atoms. The van der Waals surface area contributed by atoms with Crippen LogP contribution < -0.4 is 4.90 Å². The van der Waals surface area contributed by atoms with Crippen LogP contribution in [-0.4, -0.2) is 23.0 Å². The molecule has 0 bridgehead atoms. The quantitative estimate of drug-likeness (QED) is 0.232. The van der Waals surface area contributed by atoms with Crippen molar-refractivity contribution < 1.29 is 14.7 Å². The lowest BCUT2D eigenvalue weighted by molar-refractivity contribution is -0.140. The second-order valence-corrected chi connectivity index (χ2v) is 8.77. The SMILES string of the molecule is CCCCC/C=C\C/C=C\CCCCCCCC(=O)N1c2ccccc2CCC1C(=O)O.